The van der Waals surface area contributed by atoms with E-state index in [4.69, 9.17) is 5.73 Å². The first kappa shape index (κ1) is 10.9. The van der Waals surface area contributed by atoms with E-state index in [2.05, 4.69) is 37.3 Å². The fraction of sp³-hybridized carbons (Fsp3) is 0.111. The normalized spacial score (nSPS) is 10.5. The molecule has 0 spiro atoms. The number of nitrogens with two attached hydrogens (primary N) is 1. The number of anilines is 1. The fourth-order valence-corrected chi connectivity index (χ4v) is 3.40. The van der Waals surface area contributed by atoms with Gasteiger partial charge in [0.15, 0.2) is 5.82 Å². The van der Waals surface area contributed by atoms with Crippen molar-refractivity contribution in [1.29, 1.82) is 0 Å². The molecule has 0 atom stereocenters. The van der Waals surface area contributed by atoms with Crippen molar-refractivity contribution in [3.63, 3.8) is 0 Å². The van der Waals surface area contributed by atoms with E-state index in [-0.39, 0.29) is 0 Å². The summed E-state index contributed by atoms with van der Waals surface area (Å²) in [7, 11) is 0. The molecule has 0 unspecified atom stereocenters. The highest BCUT2D eigenvalue weighted by Crippen LogP contribution is 2.28. The summed E-state index contributed by atoms with van der Waals surface area (Å²) in [6.07, 6.45) is 3.25. The number of halogens is 1. The zero-order valence-electron chi connectivity index (χ0n) is 7.68. The van der Waals surface area contributed by atoms with Crippen molar-refractivity contribution in [1.82, 2.24) is 9.97 Å². The van der Waals surface area contributed by atoms with Crippen LogP contribution in [-0.2, 0) is 5.75 Å². The lowest BCUT2D eigenvalue weighted by atomic mass is 10.5. The Bertz CT molecular complexity index is 458. The lowest BCUT2D eigenvalue weighted by Crippen LogP contribution is -1.94. The summed E-state index contributed by atoms with van der Waals surface area (Å²) in [6, 6.07) is 2.10. The molecular formula is C9H8BrN3S2. The van der Waals surface area contributed by atoms with Crippen LogP contribution in [0.2, 0.25) is 0 Å². The highest BCUT2D eigenvalue weighted by molar-refractivity contribution is 9.10. The van der Waals surface area contributed by atoms with Gasteiger partial charge in [0.2, 0.25) is 0 Å². The van der Waals surface area contributed by atoms with Gasteiger partial charge in [0.1, 0.15) is 5.03 Å². The van der Waals surface area contributed by atoms with Gasteiger partial charge >= 0.3 is 0 Å². The van der Waals surface area contributed by atoms with Crippen LogP contribution in [0.5, 0.6) is 0 Å². The van der Waals surface area contributed by atoms with Crippen molar-refractivity contribution in [2.75, 3.05) is 5.73 Å². The van der Waals surface area contributed by atoms with Crippen LogP contribution < -0.4 is 5.73 Å². The predicted octanol–water partition coefficient (Wildman–Crippen LogP) is 3.18. The number of aromatic nitrogens is 2. The Kier molecular flexibility index (Phi) is 3.61. The van der Waals surface area contributed by atoms with Crippen LogP contribution in [-0.4, -0.2) is 9.97 Å². The Morgan fingerprint density at radius 1 is 1.40 bits per heavy atom. The van der Waals surface area contributed by atoms with Gasteiger partial charge in [-0.2, -0.15) is 0 Å². The first-order valence-corrected chi connectivity index (χ1v) is 6.84. The maximum atomic E-state index is 5.69. The molecule has 2 rings (SSSR count). The van der Waals surface area contributed by atoms with Crippen LogP contribution >= 0.6 is 39.0 Å². The van der Waals surface area contributed by atoms with Gasteiger partial charge < -0.3 is 5.73 Å². The molecule has 0 bridgehead atoms. The molecule has 0 aliphatic heterocycles. The molecule has 2 aromatic rings. The van der Waals surface area contributed by atoms with Crippen molar-refractivity contribution < 1.29 is 0 Å². The van der Waals surface area contributed by atoms with Crippen LogP contribution in [0.3, 0.4) is 0 Å². The molecule has 0 saturated heterocycles. The third-order valence-corrected chi connectivity index (χ3v) is 4.59. The Morgan fingerprint density at radius 3 is 2.87 bits per heavy atom. The maximum Gasteiger partial charge on any atom is 0.156 e. The summed E-state index contributed by atoms with van der Waals surface area (Å²) in [5.74, 6) is 1.37. The molecule has 6 heteroatoms. The lowest BCUT2D eigenvalue weighted by Gasteiger charge is -2.00. The molecule has 2 heterocycles. The number of hydrogen-bond donors (Lipinski definition) is 1. The average Bonchev–Trinajstić information content (AvgIpc) is 2.63. The van der Waals surface area contributed by atoms with E-state index in [1.54, 1.807) is 35.5 Å². The predicted molar refractivity (Wildman–Crippen MR) is 68.0 cm³/mol. The summed E-state index contributed by atoms with van der Waals surface area (Å²) in [6.45, 7) is 0. The van der Waals surface area contributed by atoms with Crippen molar-refractivity contribution in [3.05, 3.63) is 33.2 Å². The van der Waals surface area contributed by atoms with Crippen LogP contribution in [0.15, 0.2) is 33.3 Å². The molecule has 3 nitrogen and oxygen atoms in total. The van der Waals surface area contributed by atoms with Gasteiger partial charge in [-0.25, -0.2) is 9.97 Å². The number of nitrogens with zero attached hydrogens (tertiary/aromatic N) is 2. The first-order chi connectivity index (χ1) is 7.25. The van der Waals surface area contributed by atoms with Gasteiger partial charge in [0.25, 0.3) is 0 Å². The zero-order valence-corrected chi connectivity index (χ0v) is 10.9. The lowest BCUT2D eigenvalue weighted by molar-refractivity contribution is 1.07. The molecule has 0 radical (unpaired) electrons. The van der Waals surface area contributed by atoms with Gasteiger partial charge in [-0.05, 0) is 22.0 Å². The Balaban J connectivity index is 2.02. The van der Waals surface area contributed by atoms with Gasteiger partial charge in [-0.1, -0.05) is 11.8 Å². The van der Waals surface area contributed by atoms with Crippen molar-refractivity contribution in [2.45, 2.75) is 10.8 Å². The SMILES string of the molecule is Nc1nccnc1SCc1cc(Br)cs1. The van der Waals surface area contributed by atoms with E-state index in [1.807, 2.05) is 0 Å². The largest absolute Gasteiger partial charge is 0.381 e. The van der Waals surface area contributed by atoms with Crippen LogP contribution in [0.1, 0.15) is 4.88 Å². The Labute approximate surface area is 104 Å². The fourth-order valence-electron chi connectivity index (χ4n) is 1.02. The molecule has 0 fully saturated rings. The number of thioether (sulfide) groups is 1. The highest BCUT2D eigenvalue weighted by atomic mass is 79.9. The molecule has 0 aliphatic carbocycles. The van der Waals surface area contributed by atoms with E-state index < -0.39 is 0 Å². The number of hydrogen-bond acceptors (Lipinski definition) is 5. The standard InChI is InChI=1S/C9H8BrN3S2/c10-6-3-7(14-4-6)5-15-9-8(11)12-1-2-13-9/h1-4H,5H2,(H2,11,12). The van der Waals surface area contributed by atoms with Crippen LogP contribution in [0.25, 0.3) is 0 Å². The molecule has 0 saturated carbocycles. The van der Waals surface area contributed by atoms with Crippen molar-refractivity contribution in [2.24, 2.45) is 0 Å². The smallest absolute Gasteiger partial charge is 0.156 e. The minimum absolute atomic E-state index is 0.498. The molecule has 15 heavy (non-hydrogen) atoms. The second-order valence-electron chi connectivity index (χ2n) is 2.77. The van der Waals surface area contributed by atoms with Crippen molar-refractivity contribution in [3.8, 4) is 0 Å². The van der Waals surface area contributed by atoms with Crippen LogP contribution in [0, 0.1) is 0 Å². The molecular weight excluding hydrogens is 294 g/mol. The minimum atomic E-state index is 0.498. The second kappa shape index (κ2) is 4.96. The molecule has 2 aromatic heterocycles. The second-order valence-corrected chi connectivity index (χ2v) is 5.64. The van der Waals surface area contributed by atoms with E-state index >= 15 is 0 Å². The average molecular weight is 302 g/mol. The van der Waals surface area contributed by atoms with Crippen LogP contribution in [0.4, 0.5) is 5.82 Å². The molecule has 2 N–H and O–H groups in total. The van der Waals surface area contributed by atoms with E-state index in [9.17, 15) is 0 Å². The van der Waals surface area contributed by atoms with Crippen molar-refractivity contribution >= 4 is 44.8 Å². The van der Waals surface area contributed by atoms with Gasteiger partial charge in [-0.15, -0.1) is 11.3 Å². The Hall–Kier alpha value is -0.590. The van der Waals surface area contributed by atoms with E-state index in [0.29, 0.717) is 5.82 Å². The zero-order chi connectivity index (χ0) is 10.7. The highest BCUT2D eigenvalue weighted by Gasteiger charge is 2.03. The van der Waals surface area contributed by atoms with E-state index in [0.717, 1.165) is 15.3 Å². The monoisotopic (exact) mass is 301 g/mol. The first-order valence-electron chi connectivity index (χ1n) is 4.18. The quantitative estimate of drug-likeness (QED) is 0.885. The summed E-state index contributed by atoms with van der Waals surface area (Å²) >= 11 is 6.74. The summed E-state index contributed by atoms with van der Waals surface area (Å²) in [5, 5.41) is 2.86. The number of rotatable bonds is 3. The number of nitrogen functional groups attached to an aromatic ring is 1. The molecule has 0 amide bonds. The minimum Gasteiger partial charge on any atom is -0.381 e. The summed E-state index contributed by atoms with van der Waals surface area (Å²) < 4.78 is 1.12. The topological polar surface area (TPSA) is 51.8 Å². The van der Waals surface area contributed by atoms with Gasteiger partial charge in [0, 0.05) is 32.9 Å². The van der Waals surface area contributed by atoms with E-state index in [1.165, 1.54) is 4.88 Å². The Morgan fingerprint density at radius 2 is 2.20 bits per heavy atom. The third-order valence-electron chi connectivity index (χ3n) is 1.66. The van der Waals surface area contributed by atoms with Gasteiger partial charge in [0.05, 0.1) is 0 Å². The summed E-state index contributed by atoms with van der Waals surface area (Å²) in [4.78, 5) is 9.44. The summed E-state index contributed by atoms with van der Waals surface area (Å²) in [5.41, 5.74) is 5.69. The van der Waals surface area contributed by atoms with Gasteiger partial charge in [-0.3, -0.25) is 0 Å². The maximum absolute atomic E-state index is 5.69. The molecule has 78 valence electrons. The third kappa shape index (κ3) is 2.93. The number of thiophene rings is 1. The molecule has 0 aliphatic rings. The molecule has 0 aromatic carbocycles.